The number of anilines is 1. The Morgan fingerprint density at radius 1 is 0.743 bits per heavy atom. The van der Waals surface area contributed by atoms with Crippen LogP contribution in [0.3, 0.4) is 0 Å². The van der Waals surface area contributed by atoms with Crippen molar-refractivity contribution in [2.45, 2.75) is 138 Å². The summed E-state index contributed by atoms with van der Waals surface area (Å²) in [5.41, 5.74) is 0.678. The topological polar surface area (TPSA) is 49.3 Å². The molecule has 0 fully saturated rings. The van der Waals surface area contributed by atoms with Gasteiger partial charge in [0.15, 0.2) is 0 Å². The molecule has 1 amide bonds. The maximum absolute atomic E-state index is 13.1. The molecule has 2 N–H and O–H groups in total. The molecule has 0 aromatic heterocycles. The van der Waals surface area contributed by atoms with Gasteiger partial charge in [0, 0.05) is 5.92 Å². The summed E-state index contributed by atoms with van der Waals surface area (Å²) in [4.78, 5) is 13.1. The zero-order valence-corrected chi connectivity index (χ0v) is 24.2. The summed E-state index contributed by atoms with van der Waals surface area (Å²) in [5.74, 6) is 0.747. The second kappa shape index (κ2) is 16.3. The van der Waals surface area contributed by atoms with Crippen LogP contribution in [0.1, 0.15) is 138 Å². The molecule has 202 valence electrons. The van der Waals surface area contributed by atoms with Crippen LogP contribution in [0.5, 0.6) is 5.75 Å². The van der Waals surface area contributed by atoms with Crippen LogP contribution in [0, 0.1) is 22.7 Å². The van der Waals surface area contributed by atoms with Crippen molar-refractivity contribution in [3.63, 3.8) is 0 Å². The lowest BCUT2D eigenvalue weighted by Crippen LogP contribution is -2.33. The lowest BCUT2D eigenvalue weighted by atomic mass is 9.72. The largest absolute Gasteiger partial charge is 0.506 e. The van der Waals surface area contributed by atoms with Gasteiger partial charge in [-0.1, -0.05) is 131 Å². The van der Waals surface area contributed by atoms with Crippen LogP contribution >= 0.6 is 0 Å². The molecule has 0 aliphatic rings. The molecule has 0 radical (unpaired) electrons. The van der Waals surface area contributed by atoms with E-state index in [1.165, 1.54) is 77.0 Å². The number of benzene rings is 1. The zero-order chi connectivity index (χ0) is 26.3. The van der Waals surface area contributed by atoms with E-state index in [1.54, 1.807) is 18.2 Å². The molecule has 0 aliphatic carbocycles. The summed E-state index contributed by atoms with van der Waals surface area (Å²) in [6.45, 7) is 15.8. The number of unbranched alkanes of at least 4 members (excludes halogenated alkanes) is 9. The van der Waals surface area contributed by atoms with Gasteiger partial charge in [0.2, 0.25) is 5.91 Å². The number of phenolic OH excluding ortho intramolecular Hbond substituents is 1. The van der Waals surface area contributed by atoms with E-state index in [1.807, 2.05) is 6.07 Å². The molecular formula is C32H57NO2. The smallest absolute Gasteiger partial charge is 0.228 e. The van der Waals surface area contributed by atoms with Gasteiger partial charge < -0.3 is 10.4 Å². The SMILES string of the molecule is CCCCCCCCCCCCC(CCCC(C(=O)Nc1ccccc1O)C(C)(C)C)C(C)(C)C. The molecule has 35 heavy (non-hydrogen) atoms. The van der Waals surface area contributed by atoms with Crippen LogP contribution in [-0.2, 0) is 4.79 Å². The van der Waals surface area contributed by atoms with Gasteiger partial charge in [-0.25, -0.2) is 0 Å². The summed E-state index contributed by atoms with van der Waals surface area (Å²) in [5, 5.41) is 13.0. The van der Waals surface area contributed by atoms with Crippen LogP contribution in [0.15, 0.2) is 24.3 Å². The van der Waals surface area contributed by atoms with E-state index in [2.05, 4.69) is 53.8 Å². The third-order valence-corrected chi connectivity index (χ3v) is 7.70. The maximum atomic E-state index is 13.1. The van der Waals surface area contributed by atoms with Crippen LogP contribution in [0.2, 0.25) is 0 Å². The first kappa shape index (κ1) is 31.5. The maximum Gasteiger partial charge on any atom is 0.228 e. The first-order valence-corrected chi connectivity index (χ1v) is 14.6. The molecule has 0 saturated carbocycles. The predicted molar refractivity (Wildman–Crippen MR) is 153 cm³/mol. The number of aromatic hydroxyl groups is 1. The average Bonchev–Trinajstić information content (AvgIpc) is 2.76. The Hall–Kier alpha value is -1.51. The number of para-hydroxylation sites is 2. The second-order valence-electron chi connectivity index (χ2n) is 12.9. The molecule has 0 bridgehead atoms. The van der Waals surface area contributed by atoms with Gasteiger partial charge in [-0.2, -0.15) is 0 Å². The first-order chi connectivity index (χ1) is 16.5. The Morgan fingerprint density at radius 3 is 1.77 bits per heavy atom. The molecule has 1 aromatic rings. The minimum absolute atomic E-state index is 0.0148. The van der Waals surface area contributed by atoms with Crippen LogP contribution in [0.25, 0.3) is 0 Å². The molecule has 0 aliphatic heterocycles. The third-order valence-electron chi connectivity index (χ3n) is 7.70. The molecule has 1 aromatic carbocycles. The van der Waals surface area contributed by atoms with Gasteiger partial charge in [0.05, 0.1) is 5.69 Å². The summed E-state index contributed by atoms with van der Waals surface area (Å²) in [7, 11) is 0. The average molecular weight is 488 g/mol. The normalized spacial score (nSPS) is 14.0. The number of phenols is 1. The standard InChI is InChI=1S/C32H57NO2/c1-8-9-10-11-12-13-14-15-16-17-21-26(31(2,3)4)22-20-23-27(32(5,6)7)30(35)33-28-24-18-19-25-29(28)34/h18-19,24-27,34H,8-17,20-23H2,1-7H3,(H,33,35). The molecule has 2 unspecified atom stereocenters. The van der Waals surface area contributed by atoms with Crippen molar-refractivity contribution in [2.24, 2.45) is 22.7 Å². The van der Waals surface area contributed by atoms with Gasteiger partial charge in [-0.15, -0.1) is 0 Å². The van der Waals surface area contributed by atoms with Crippen LogP contribution in [-0.4, -0.2) is 11.0 Å². The Bertz CT molecular complexity index is 698. The fourth-order valence-corrected chi connectivity index (χ4v) is 5.21. The van der Waals surface area contributed by atoms with Gasteiger partial charge in [-0.05, 0) is 48.1 Å². The van der Waals surface area contributed by atoms with Crippen molar-refractivity contribution in [3.05, 3.63) is 24.3 Å². The molecule has 0 spiro atoms. The molecule has 2 atom stereocenters. The van der Waals surface area contributed by atoms with E-state index in [-0.39, 0.29) is 23.0 Å². The lowest BCUT2D eigenvalue weighted by Gasteiger charge is -2.33. The van der Waals surface area contributed by atoms with Crippen molar-refractivity contribution >= 4 is 11.6 Å². The highest BCUT2D eigenvalue weighted by Gasteiger charge is 2.32. The highest BCUT2D eigenvalue weighted by Crippen LogP contribution is 2.37. The van der Waals surface area contributed by atoms with Crippen LogP contribution < -0.4 is 5.32 Å². The minimum atomic E-state index is -0.123. The van der Waals surface area contributed by atoms with Crippen molar-refractivity contribution in [1.82, 2.24) is 0 Å². The highest BCUT2D eigenvalue weighted by molar-refractivity contribution is 5.94. The second-order valence-corrected chi connectivity index (χ2v) is 12.9. The van der Waals surface area contributed by atoms with Crippen LogP contribution in [0.4, 0.5) is 5.69 Å². The Kier molecular flexibility index (Phi) is 14.7. The molecule has 1 rings (SSSR count). The molecular weight excluding hydrogens is 430 g/mol. The zero-order valence-electron chi connectivity index (χ0n) is 24.2. The number of amides is 1. The van der Waals surface area contributed by atoms with E-state index in [0.29, 0.717) is 17.0 Å². The molecule has 3 nitrogen and oxygen atoms in total. The van der Waals surface area contributed by atoms with Gasteiger partial charge in [0.25, 0.3) is 0 Å². The first-order valence-electron chi connectivity index (χ1n) is 14.6. The van der Waals surface area contributed by atoms with Crippen molar-refractivity contribution < 1.29 is 9.90 Å². The number of carbonyl (C=O) groups excluding carboxylic acids is 1. The van der Waals surface area contributed by atoms with Crippen molar-refractivity contribution in [3.8, 4) is 5.75 Å². The van der Waals surface area contributed by atoms with E-state index in [0.717, 1.165) is 12.8 Å². The number of nitrogens with one attached hydrogen (secondary N) is 1. The van der Waals surface area contributed by atoms with Gasteiger partial charge >= 0.3 is 0 Å². The fourth-order valence-electron chi connectivity index (χ4n) is 5.21. The molecule has 3 heteroatoms. The van der Waals surface area contributed by atoms with Crippen molar-refractivity contribution in [2.75, 3.05) is 5.32 Å². The number of carbonyl (C=O) groups is 1. The third kappa shape index (κ3) is 13.4. The monoisotopic (exact) mass is 487 g/mol. The van der Waals surface area contributed by atoms with Crippen molar-refractivity contribution in [1.29, 1.82) is 0 Å². The Balaban J connectivity index is 2.47. The number of hydrogen-bond donors (Lipinski definition) is 2. The van der Waals surface area contributed by atoms with E-state index in [4.69, 9.17) is 0 Å². The summed E-state index contributed by atoms with van der Waals surface area (Å²) < 4.78 is 0. The quantitative estimate of drug-likeness (QED) is 0.170. The van der Waals surface area contributed by atoms with E-state index < -0.39 is 0 Å². The van der Waals surface area contributed by atoms with E-state index >= 15 is 0 Å². The highest BCUT2D eigenvalue weighted by atomic mass is 16.3. The Labute approximate surface area is 217 Å². The molecule has 0 heterocycles. The Morgan fingerprint density at radius 2 is 1.26 bits per heavy atom. The van der Waals surface area contributed by atoms with Gasteiger partial charge in [0.1, 0.15) is 5.75 Å². The number of hydrogen-bond acceptors (Lipinski definition) is 2. The fraction of sp³-hybridized carbons (Fsp3) is 0.781. The van der Waals surface area contributed by atoms with E-state index in [9.17, 15) is 9.90 Å². The lowest BCUT2D eigenvalue weighted by molar-refractivity contribution is -0.123. The predicted octanol–water partition coefficient (Wildman–Crippen LogP) is 10.1. The number of rotatable bonds is 17. The summed E-state index contributed by atoms with van der Waals surface area (Å²) in [6, 6.07) is 6.98. The molecule has 0 saturated heterocycles. The summed E-state index contributed by atoms with van der Waals surface area (Å²) in [6.07, 6.45) is 18.3. The van der Waals surface area contributed by atoms with Gasteiger partial charge in [-0.3, -0.25) is 4.79 Å². The summed E-state index contributed by atoms with van der Waals surface area (Å²) >= 11 is 0. The minimum Gasteiger partial charge on any atom is -0.506 e.